The van der Waals surface area contributed by atoms with Crippen LogP contribution in [-0.4, -0.2) is 25.8 Å². The molecule has 0 radical (unpaired) electrons. The Labute approximate surface area is 102 Å². The normalized spacial score (nSPS) is 17.9. The van der Waals surface area contributed by atoms with Crippen LogP contribution >= 0.6 is 0 Å². The molecule has 0 unspecified atom stereocenters. The lowest BCUT2D eigenvalue weighted by Crippen LogP contribution is -2.39. The maximum atomic E-state index is 12.0. The maximum absolute atomic E-state index is 12.0. The number of nitrogens with zero attached hydrogens (tertiary/aromatic N) is 1. The van der Waals surface area contributed by atoms with Gasteiger partial charge in [0.15, 0.2) is 0 Å². The minimum Gasteiger partial charge on any atom is -0.399 e. The molecule has 6 heteroatoms. The van der Waals surface area contributed by atoms with Crippen LogP contribution in [0.5, 0.6) is 0 Å². The molecule has 1 fully saturated rings. The molecule has 0 atom stereocenters. The highest BCUT2D eigenvalue weighted by Crippen LogP contribution is 2.17. The second-order valence-electron chi connectivity index (χ2n) is 4.19. The summed E-state index contributed by atoms with van der Waals surface area (Å²) in [7, 11) is -3.41. The van der Waals surface area contributed by atoms with E-state index >= 15 is 0 Å². The third-order valence-electron chi connectivity index (χ3n) is 2.81. The minimum atomic E-state index is -3.41. The Morgan fingerprint density at radius 2 is 1.65 bits per heavy atom. The molecule has 94 valence electrons. The van der Waals surface area contributed by atoms with E-state index in [2.05, 4.69) is 4.72 Å². The minimum absolute atomic E-state index is 0.546. The van der Waals surface area contributed by atoms with Crippen molar-refractivity contribution >= 4 is 21.6 Å². The van der Waals surface area contributed by atoms with Crippen LogP contribution in [0.4, 0.5) is 11.4 Å². The van der Waals surface area contributed by atoms with E-state index in [0.717, 1.165) is 19.3 Å². The van der Waals surface area contributed by atoms with Crippen molar-refractivity contribution in [3.63, 3.8) is 0 Å². The molecule has 1 aromatic carbocycles. The zero-order valence-electron chi connectivity index (χ0n) is 9.59. The summed E-state index contributed by atoms with van der Waals surface area (Å²) in [4.78, 5) is 0. The molecule has 17 heavy (non-hydrogen) atoms. The molecule has 3 N–H and O–H groups in total. The Bertz CT molecular complexity index is 464. The number of rotatable bonds is 3. The van der Waals surface area contributed by atoms with Crippen LogP contribution in [-0.2, 0) is 10.2 Å². The second kappa shape index (κ2) is 4.93. The van der Waals surface area contributed by atoms with E-state index < -0.39 is 10.2 Å². The van der Waals surface area contributed by atoms with Crippen LogP contribution in [0, 0.1) is 0 Å². The molecule has 0 aromatic heterocycles. The zero-order valence-corrected chi connectivity index (χ0v) is 10.4. The van der Waals surface area contributed by atoms with Gasteiger partial charge in [-0.2, -0.15) is 12.7 Å². The average Bonchev–Trinajstić information content (AvgIpc) is 2.33. The SMILES string of the molecule is Nc1ccc(NS(=O)(=O)N2CCCCC2)cc1. The van der Waals surface area contributed by atoms with Gasteiger partial charge in [-0.15, -0.1) is 0 Å². The molecule has 0 spiro atoms. The first-order valence-electron chi connectivity index (χ1n) is 5.71. The van der Waals surface area contributed by atoms with Crippen molar-refractivity contribution in [1.82, 2.24) is 4.31 Å². The Kier molecular flexibility index (Phi) is 3.54. The molecule has 1 aliphatic rings. The largest absolute Gasteiger partial charge is 0.399 e. The summed E-state index contributed by atoms with van der Waals surface area (Å²) in [6.07, 6.45) is 2.97. The number of anilines is 2. The van der Waals surface area contributed by atoms with Crippen molar-refractivity contribution in [3.05, 3.63) is 24.3 Å². The first kappa shape index (κ1) is 12.2. The molecular weight excluding hydrogens is 238 g/mol. The lowest BCUT2D eigenvalue weighted by molar-refractivity contribution is 0.349. The monoisotopic (exact) mass is 255 g/mol. The number of benzene rings is 1. The highest BCUT2D eigenvalue weighted by Gasteiger charge is 2.23. The second-order valence-corrected chi connectivity index (χ2v) is 5.86. The molecule has 5 nitrogen and oxygen atoms in total. The molecule has 1 aromatic rings. The summed E-state index contributed by atoms with van der Waals surface area (Å²) in [6, 6.07) is 6.68. The number of nitrogens with two attached hydrogens (primary N) is 1. The summed E-state index contributed by atoms with van der Waals surface area (Å²) < 4.78 is 28.1. The Morgan fingerprint density at radius 1 is 1.06 bits per heavy atom. The van der Waals surface area contributed by atoms with Gasteiger partial charge in [0.25, 0.3) is 0 Å². The van der Waals surface area contributed by atoms with Crippen LogP contribution in [0.2, 0.25) is 0 Å². The van der Waals surface area contributed by atoms with E-state index in [-0.39, 0.29) is 0 Å². The quantitative estimate of drug-likeness (QED) is 0.802. The first-order chi connectivity index (χ1) is 8.08. The fourth-order valence-corrected chi connectivity index (χ4v) is 3.17. The van der Waals surface area contributed by atoms with Crippen molar-refractivity contribution in [2.24, 2.45) is 0 Å². The van der Waals surface area contributed by atoms with Gasteiger partial charge in [0.1, 0.15) is 0 Å². The molecule has 0 aliphatic carbocycles. The first-order valence-corrected chi connectivity index (χ1v) is 7.15. The van der Waals surface area contributed by atoms with Crippen molar-refractivity contribution in [2.75, 3.05) is 23.5 Å². The molecule has 0 amide bonds. The fraction of sp³-hybridized carbons (Fsp3) is 0.455. The summed E-state index contributed by atoms with van der Waals surface area (Å²) in [5.74, 6) is 0. The van der Waals surface area contributed by atoms with Gasteiger partial charge in [-0.1, -0.05) is 6.42 Å². The molecule has 1 saturated heterocycles. The van der Waals surface area contributed by atoms with Gasteiger partial charge in [0.2, 0.25) is 0 Å². The predicted octanol–water partition coefficient (Wildman–Crippen LogP) is 1.41. The van der Waals surface area contributed by atoms with Crippen molar-refractivity contribution in [3.8, 4) is 0 Å². The third kappa shape index (κ3) is 3.10. The Balaban J connectivity index is 2.08. The highest BCUT2D eigenvalue weighted by molar-refractivity contribution is 7.90. The van der Waals surface area contributed by atoms with Gasteiger partial charge in [-0.25, -0.2) is 0 Å². The van der Waals surface area contributed by atoms with Gasteiger partial charge in [0, 0.05) is 24.5 Å². The lowest BCUT2D eigenvalue weighted by atomic mass is 10.2. The third-order valence-corrected chi connectivity index (χ3v) is 4.35. The average molecular weight is 255 g/mol. The lowest BCUT2D eigenvalue weighted by Gasteiger charge is -2.26. The van der Waals surface area contributed by atoms with E-state index in [1.165, 1.54) is 4.31 Å². The smallest absolute Gasteiger partial charge is 0.301 e. The van der Waals surface area contributed by atoms with Crippen LogP contribution in [0.15, 0.2) is 24.3 Å². The van der Waals surface area contributed by atoms with Crippen molar-refractivity contribution in [2.45, 2.75) is 19.3 Å². The summed E-state index contributed by atoms with van der Waals surface area (Å²) in [5.41, 5.74) is 6.71. The Morgan fingerprint density at radius 3 is 2.24 bits per heavy atom. The molecule has 1 heterocycles. The number of hydrogen-bond donors (Lipinski definition) is 2. The fourth-order valence-electron chi connectivity index (χ4n) is 1.87. The highest BCUT2D eigenvalue weighted by atomic mass is 32.2. The van der Waals surface area contributed by atoms with Crippen LogP contribution in [0.3, 0.4) is 0 Å². The van der Waals surface area contributed by atoms with Gasteiger partial charge in [0.05, 0.1) is 0 Å². The predicted molar refractivity (Wildman–Crippen MR) is 68.8 cm³/mol. The zero-order chi connectivity index (χ0) is 12.3. The van der Waals surface area contributed by atoms with Gasteiger partial charge in [-0.05, 0) is 37.1 Å². The summed E-state index contributed by atoms with van der Waals surface area (Å²) in [6.45, 7) is 1.20. The Hall–Kier alpha value is -1.27. The van der Waals surface area contributed by atoms with E-state index in [0.29, 0.717) is 24.5 Å². The summed E-state index contributed by atoms with van der Waals surface area (Å²) in [5, 5.41) is 0. The van der Waals surface area contributed by atoms with E-state index in [1.807, 2.05) is 0 Å². The van der Waals surface area contributed by atoms with Gasteiger partial charge >= 0.3 is 10.2 Å². The molecule has 1 aliphatic heterocycles. The molecule has 0 bridgehead atoms. The number of hydrogen-bond acceptors (Lipinski definition) is 3. The van der Waals surface area contributed by atoms with Crippen LogP contribution in [0.25, 0.3) is 0 Å². The van der Waals surface area contributed by atoms with Gasteiger partial charge < -0.3 is 5.73 Å². The van der Waals surface area contributed by atoms with Crippen molar-refractivity contribution < 1.29 is 8.42 Å². The van der Waals surface area contributed by atoms with Crippen LogP contribution in [0.1, 0.15) is 19.3 Å². The standard InChI is InChI=1S/C11H17N3O2S/c12-10-4-6-11(7-5-10)13-17(15,16)14-8-2-1-3-9-14/h4-7,13H,1-3,8-9,12H2. The number of piperidine rings is 1. The van der Waals surface area contributed by atoms with E-state index in [1.54, 1.807) is 24.3 Å². The van der Waals surface area contributed by atoms with E-state index in [4.69, 9.17) is 5.73 Å². The molecule has 0 saturated carbocycles. The maximum Gasteiger partial charge on any atom is 0.301 e. The van der Waals surface area contributed by atoms with Crippen LogP contribution < -0.4 is 10.5 Å². The molecular formula is C11H17N3O2S. The van der Waals surface area contributed by atoms with Crippen molar-refractivity contribution in [1.29, 1.82) is 0 Å². The number of nitrogen functional groups attached to an aromatic ring is 1. The summed E-state index contributed by atoms with van der Waals surface area (Å²) >= 11 is 0. The topological polar surface area (TPSA) is 75.4 Å². The molecule has 2 rings (SSSR count). The number of nitrogens with one attached hydrogen (secondary N) is 1. The van der Waals surface area contributed by atoms with Gasteiger partial charge in [-0.3, -0.25) is 4.72 Å². The van der Waals surface area contributed by atoms with E-state index in [9.17, 15) is 8.42 Å².